The maximum Gasteiger partial charge on any atom is 0.387 e. The number of nitrogens with zero attached hydrogens (tertiary/aromatic N) is 2. The number of alkyl halides is 2. The first kappa shape index (κ1) is 20.9. The second-order valence-electron chi connectivity index (χ2n) is 5.75. The van der Waals surface area contributed by atoms with E-state index in [1.807, 2.05) is 12.1 Å². The normalized spacial score (nSPS) is 16.6. The molecule has 2 heterocycles. The maximum atomic E-state index is 13.0. The SMILES string of the molecule is COc1ccc(C(=O)N2CCNCC2c2cccnc2)cc1OC(F)F.Cl. The van der Waals surface area contributed by atoms with Crippen LogP contribution in [0, 0.1) is 0 Å². The zero-order chi connectivity index (χ0) is 18.5. The van der Waals surface area contributed by atoms with Crippen LogP contribution < -0.4 is 14.8 Å². The molecule has 1 saturated heterocycles. The molecular weight excluding hydrogens is 380 g/mol. The molecule has 1 fully saturated rings. The van der Waals surface area contributed by atoms with Gasteiger partial charge in [0.15, 0.2) is 11.5 Å². The number of hydrogen-bond acceptors (Lipinski definition) is 5. The predicted octanol–water partition coefficient (Wildman–Crippen LogP) is 2.90. The Morgan fingerprint density at radius 1 is 1.33 bits per heavy atom. The van der Waals surface area contributed by atoms with Gasteiger partial charge >= 0.3 is 6.61 Å². The van der Waals surface area contributed by atoms with E-state index in [2.05, 4.69) is 15.0 Å². The van der Waals surface area contributed by atoms with Gasteiger partial charge in [0.05, 0.1) is 13.2 Å². The maximum absolute atomic E-state index is 13.0. The van der Waals surface area contributed by atoms with Gasteiger partial charge in [-0.2, -0.15) is 8.78 Å². The number of pyridine rings is 1. The van der Waals surface area contributed by atoms with Crippen LogP contribution in [0.5, 0.6) is 11.5 Å². The minimum atomic E-state index is -3.00. The van der Waals surface area contributed by atoms with Crippen LogP contribution in [0.15, 0.2) is 42.7 Å². The van der Waals surface area contributed by atoms with Gasteiger partial charge in [-0.3, -0.25) is 9.78 Å². The lowest BCUT2D eigenvalue weighted by atomic mass is 10.0. The fraction of sp³-hybridized carbons (Fsp3) is 0.333. The average molecular weight is 400 g/mol. The van der Waals surface area contributed by atoms with Crippen LogP contribution in [0.25, 0.3) is 0 Å². The number of methoxy groups -OCH3 is 1. The van der Waals surface area contributed by atoms with Gasteiger partial charge in [-0.05, 0) is 29.8 Å². The number of aromatic nitrogens is 1. The van der Waals surface area contributed by atoms with Crippen LogP contribution in [0.3, 0.4) is 0 Å². The minimum Gasteiger partial charge on any atom is -0.493 e. The molecule has 1 aliphatic heterocycles. The summed E-state index contributed by atoms with van der Waals surface area (Å²) in [6, 6.07) is 7.81. The van der Waals surface area contributed by atoms with Crippen molar-refractivity contribution in [2.24, 2.45) is 0 Å². The number of carbonyl (C=O) groups is 1. The molecule has 2 aromatic rings. The molecular formula is C18H20ClF2N3O3. The number of hydrogen-bond donors (Lipinski definition) is 1. The summed E-state index contributed by atoms with van der Waals surface area (Å²) in [5.41, 5.74) is 1.17. The Balaban J connectivity index is 0.00000261. The van der Waals surface area contributed by atoms with Crippen LogP contribution in [0.1, 0.15) is 22.0 Å². The lowest BCUT2D eigenvalue weighted by Crippen LogP contribution is -2.48. The number of nitrogens with one attached hydrogen (secondary N) is 1. The Labute approximate surface area is 161 Å². The van der Waals surface area contributed by atoms with E-state index in [9.17, 15) is 13.6 Å². The van der Waals surface area contributed by atoms with Crippen LogP contribution in [-0.2, 0) is 0 Å². The van der Waals surface area contributed by atoms with Gasteiger partial charge in [-0.15, -0.1) is 12.4 Å². The first-order chi connectivity index (χ1) is 12.6. The lowest BCUT2D eigenvalue weighted by Gasteiger charge is -2.36. The second kappa shape index (κ2) is 9.48. The van der Waals surface area contributed by atoms with Crippen LogP contribution in [-0.4, -0.2) is 49.1 Å². The van der Waals surface area contributed by atoms with E-state index in [-0.39, 0.29) is 41.4 Å². The zero-order valence-electron chi connectivity index (χ0n) is 14.6. The zero-order valence-corrected chi connectivity index (χ0v) is 15.4. The standard InChI is InChI=1S/C18H19F2N3O3.ClH/c1-25-15-5-4-12(9-16(15)26-18(19)20)17(24)23-8-7-22-11-14(23)13-3-2-6-21-10-13;/h2-6,9-10,14,18,22H,7-8,11H2,1H3;1H. The van der Waals surface area contributed by atoms with E-state index in [0.717, 1.165) is 5.56 Å². The highest BCUT2D eigenvalue weighted by Gasteiger charge is 2.29. The fourth-order valence-electron chi connectivity index (χ4n) is 2.98. The summed E-state index contributed by atoms with van der Waals surface area (Å²) in [7, 11) is 1.35. The first-order valence-electron chi connectivity index (χ1n) is 8.14. The number of amides is 1. The molecule has 3 rings (SSSR count). The van der Waals surface area contributed by atoms with E-state index in [1.165, 1.54) is 19.2 Å². The van der Waals surface area contributed by atoms with Crippen molar-refractivity contribution in [3.63, 3.8) is 0 Å². The number of halogens is 3. The third kappa shape index (κ3) is 4.84. The Hall–Kier alpha value is -2.45. The van der Waals surface area contributed by atoms with Gasteiger partial charge in [0.1, 0.15) is 0 Å². The molecule has 0 saturated carbocycles. The molecule has 1 aliphatic rings. The summed E-state index contributed by atoms with van der Waals surface area (Å²) < 4.78 is 34.7. The number of carbonyl (C=O) groups excluding carboxylic acids is 1. The monoisotopic (exact) mass is 399 g/mol. The largest absolute Gasteiger partial charge is 0.493 e. The van der Waals surface area contributed by atoms with Gasteiger partial charge in [-0.25, -0.2) is 0 Å². The molecule has 0 aliphatic carbocycles. The van der Waals surface area contributed by atoms with Crippen molar-refractivity contribution in [2.45, 2.75) is 12.7 Å². The van der Waals surface area contributed by atoms with E-state index in [4.69, 9.17) is 4.74 Å². The summed E-state index contributed by atoms with van der Waals surface area (Å²) in [5.74, 6) is -0.283. The molecule has 0 spiro atoms. The number of rotatable bonds is 5. The molecule has 146 valence electrons. The molecule has 6 nitrogen and oxygen atoms in total. The molecule has 1 amide bonds. The quantitative estimate of drug-likeness (QED) is 0.837. The van der Waals surface area contributed by atoms with Crippen molar-refractivity contribution in [1.29, 1.82) is 0 Å². The molecule has 1 unspecified atom stereocenters. The molecule has 1 atom stereocenters. The number of benzene rings is 1. The third-order valence-electron chi connectivity index (χ3n) is 4.20. The molecule has 27 heavy (non-hydrogen) atoms. The Bertz CT molecular complexity index is 765. The Morgan fingerprint density at radius 2 is 2.15 bits per heavy atom. The van der Waals surface area contributed by atoms with Crippen molar-refractivity contribution in [1.82, 2.24) is 15.2 Å². The van der Waals surface area contributed by atoms with E-state index >= 15 is 0 Å². The topological polar surface area (TPSA) is 63.7 Å². The lowest BCUT2D eigenvalue weighted by molar-refractivity contribution is -0.0512. The number of piperazine rings is 1. The van der Waals surface area contributed by atoms with Gasteiger partial charge in [0, 0.05) is 37.6 Å². The molecule has 1 N–H and O–H groups in total. The molecule has 1 aromatic heterocycles. The summed E-state index contributed by atoms with van der Waals surface area (Å²) in [6.45, 7) is -1.26. The average Bonchev–Trinajstić information content (AvgIpc) is 2.67. The molecule has 0 radical (unpaired) electrons. The van der Waals surface area contributed by atoms with Crippen LogP contribution in [0.2, 0.25) is 0 Å². The highest BCUT2D eigenvalue weighted by atomic mass is 35.5. The van der Waals surface area contributed by atoms with Gasteiger partial charge in [0.2, 0.25) is 0 Å². The van der Waals surface area contributed by atoms with E-state index in [0.29, 0.717) is 19.6 Å². The smallest absolute Gasteiger partial charge is 0.387 e. The van der Waals surface area contributed by atoms with Gasteiger partial charge < -0.3 is 19.7 Å². The summed E-state index contributed by atoms with van der Waals surface area (Å²) >= 11 is 0. The Morgan fingerprint density at radius 3 is 2.81 bits per heavy atom. The van der Waals surface area contributed by atoms with Crippen molar-refractivity contribution in [2.75, 3.05) is 26.7 Å². The summed E-state index contributed by atoms with van der Waals surface area (Å²) in [4.78, 5) is 18.8. The van der Waals surface area contributed by atoms with E-state index in [1.54, 1.807) is 23.4 Å². The molecule has 9 heteroatoms. The fourth-order valence-corrected chi connectivity index (χ4v) is 2.98. The highest BCUT2D eigenvalue weighted by molar-refractivity contribution is 5.95. The van der Waals surface area contributed by atoms with Crippen LogP contribution in [0.4, 0.5) is 8.78 Å². The highest BCUT2D eigenvalue weighted by Crippen LogP contribution is 2.31. The second-order valence-corrected chi connectivity index (χ2v) is 5.75. The Kier molecular flexibility index (Phi) is 7.32. The van der Waals surface area contributed by atoms with Crippen molar-refractivity contribution in [3.05, 3.63) is 53.9 Å². The minimum absolute atomic E-state index is 0. The van der Waals surface area contributed by atoms with Gasteiger partial charge in [-0.1, -0.05) is 6.07 Å². The van der Waals surface area contributed by atoms with Crippen molar-refractivity contribution in [3.8, 4) is 11.5 Å². The third-order valence-corrected chi connectivity index (χ3v) is 4.20. The molecule has 1 aromatic carbocycles. The van der Waals surface area contributed by atoms with Gasteiger partial charge in [0.25, 0.3) is 5.91 Å². The predicted molar refractivity (Wildman–Crippen MR) is 97.8 cm³/mol. The number of ether oxygens (including phenoxy) is 2. The van der Waals surface area contributed by atoms with Crippen LogP contribution >= 0.6 is 12.4 Å². The molecule has 0 bridgehead atoms. The first-order valence-corrected chi connectivity index (χ1v) is 8.14. The van der Waals surface area contributed by atoms with E-state index < -0.39 is 6.61 Å². The summed E-state index contributed by atoms with van der Waals surface area (Å²) in [5, 5.41) is 3.26. The van der Waals surface area contributed by atoms with Crippen molar-refractivity contribution < 1.29 is 23.0 Å². The summed E-state index contributed by atoms with van der Waals surface area (Å²) in [6.07, 6.45) is 3.39. The van der Waals surface area contributed by atoms with Crippen molar-refractivity contribution >= 4 is 18.3 Å².